The van der Waals surface area contributed by atoms with Crippen LogP contribution in [0.1, 0.15) is 36.1 Å². The highest BCUT2D eigenvalue weighted by molar-refractivity contribution is 9.10. The van der Waals surface area contributed by atoms with Crippen LogP contribution in [0.2, 0.25) is 0 Å². The van der Waals surface area contributed by atoms with Gasteiger partial charge in [-0.3, -0.25) is 0 Å². The smallest absolute Gasteiger partial charge is 0.353 e. The van der Waals surface area contributed by atoms with Crippen LogP contribution in [-0.2, 0) is 14.3 Å². The molecule has 0 spiro atoms. The summed E-state index contributed by atoms with van der Waals surface area (Å²) in [5.41, 5.74) is -0.296. The molecule has 1 unspecified atom stereocenters. The number of hydrogen-bond acceptors (Lipinski definition) is 5. The second-order valence-electron chi connectivity index (χ2n) is 5.80. The predicted molar refractivity (Wildman–Crippen MR) is 89.5 cm³/mol. The van der Waals surface area contributed by atoms with Crippen LogP contribution in [-0.4, -0.2) is 17.5 Å². The molecule has 2 aromatic carbocycles. The maximum atomic E-state index is 12.5. The van der Waals surface area contributed by atoms with Gasteiger partial charge in [-0.15, -0.1) is 0 Å². The Bertz CT molecular complexity index is 782. The van der Waals surface area contributed by atoms with Crippen molar-refractivity contribution in [1.82, 2.24) is 0 Å². The Morgan fingerprint density at radius 2 is 1.79 bits per heavy atom. The van der Waals surface area contributed by atoms with Gasteiger partial charge in [0.25, 0.3) is 6.29 Å². The molecule has 0 aromatic heterocycles. The van der Waals surface area contributed by atoms with E-state index in [0.29, 0.717) is 16.9 Å². The van der Waals surface area contributed by atoms with E-state index in [-0.39, 0.29) is 0 Å². The Hall–Kier alpha value is -2.34. The Morgan fingerprint density at radius 3 is 2.50 bits per heavy atom. The maximum Gasteiger partial charge on any atom is 0.353 e. The minimum atomic E-state index is -1.24. The first-order valence-corrected chi connectivity index (χ1v) is 8.12. The predicted octanol–water partition coefficient (Wildman–Crippen LogP) is 4.02. The molecule has 24 heavy (non-hydrogen) atoms. The number of hydrogen-bond donors (Lipinski definition) is 0. The monoisotopic (exact) mass is 390 g/mol. The van der Waals surface area contributed by atoms with E-state index in [4.69, 9.17) is 14.2 Å². The average Bonchev–Trinajstić information content (AvgIpc) is 2.86. The number of cyclic esters (lactones) is 1. The van der Waals surface area contributed by atoms with Gasteiger partial charge in [-0.1, -0.05) is 34.1 Å². The number of carbonyl (C=O) groups excluding carboxylic acids is 2. The molecule has 5 nitrogen and oxygen atoms in total. The number of fused-ring (bicyclic) bond motifs is 1. The number of benzene rings is 2. The van der Waals surface area contributed by atoms with E-state index in [1.54, 1.807) is 50.2 Å². The second-order valence-corrected chi connectivity index (χ2v) is 6.71. The molecular weight excluding hydrogens is 376 g/mol. The summed E-state index contributed by atoms with van der Waals surface area (Å²) in [4.78, 5) is 24.2. The van der Waals surface area contributed by atoms with E-state index in [1.807, 2.05) is 12.1 Å². The van der Waals surface area contributed by atoms with Crippen LogP contribution in [0.15, 0.2) is 53.0 Å². The van der Waals surface area contributed by atoms with Gasteiger partial charge < -0.3 is 14.2 Å². The molecule has 0 radical (unpaired) electrons. The number of esters is 2. The molecule has 0 saturated carbocycles. The fraction of sp³-hybridized carbons (Fsp3) is 0.222. The number of halogens is 1. The third kappa shape index (κ3) is 3.28. The Labute approximate surface area is 147 Å². The van der Waals surface area contributed by atoms with Gasteiger partial charge in [0, 0.05) is 10.0 Å². The van der Waals surface area contributed by atoms with Gasteiger partial charge in [0.05, 0.1) is 5.56 Å². The van der Waals surface area contributed by atoms with E-state index in [0.717, 1.165) is 4.47 Å². The molecule has 0 saturated heterocycles. The summed E-state index contributed by atoms with van der Waals surface area (Å²) in [5, 5.41) is 0. The highest BCUT2D eigenvalue weighted by Gasteiger charge is 2.39. The molecule has 3 rings (SSSR count). The van der Waals surface area contributed by atoms with E-state index < -0.39 is 23.8 Å². The number of rotatable bonds is 4. The molecule has 1 aliphatic heterocycles. The lowest BCUT2D eigenvalue weighted by Crippen LogP contribution is -2.40. The second kappa shape index (κ2) is 6.28. The number of carbonyl (C=O) groups is 2. The highest BCUT2D eigenvalue weighted by Crippen LogP contribution is 2.33. The van der Waals surface area contributed by atoms with Crippen molar-refractivity contribution in [3.8, 4) is 5.75 Å². The quantitative estimate of drug-likeness (QED) is 0.737. The first-order valence-electron chi connectivity index (χ1n) is 7.32. The van der Waals surface area contributed by atoms with Crippen molar-refractivity contribution in [2.24, 2.45) is 0 Å². The molecular formula is C18H15BrO5. The molecule has 1 heterocycles. The molecule has 0 fully saturated rings. The molecule has 2 aromatic rings. The van der Waals surface area contributed by atoms with Gasteiger partial charge in [-0.25, -0.2) is 9.59 Å². The summed E-state index contributed by atoms with van der Waals surface area (Å²) in [6, 6.07) is 13.9. The van der Waals surface area contributed by atoms with E-state index in [2.05, 4.69) is 15.9 Å². The highest BCUT2D eigenvalue weighted by atomic mass is 79.9. The Kier molecular flexibility index (Phi) is 4.32. The summed E-state index contributed by atoms with van der Waals surface area (Å²) < 4.78 is 17.1. The lowest BCUT2D eigenvalue weighted by molar-refractivity contribution is -0.183. The van der Waals surface area contributed by atoms with Crippen LogP contribution in [0.25, 0.3) is 0 Å². The number of ether oxygens (including phenoxy) is 3. The largest absolute Gasteiger partial charge is 0.476 e. The van der Waals surface area contributed by atoms with Gasteiger partial charge in [0.1, 0.15) is 5.75 Å². The fourth-order valence-corrected chi connectivity index (χ4v) is 2.54. The SMILES string of the molecule is CC(C)(Oc1ccc(Br)cc1)C(=O)OC1OC(=O)c2ccccc21. The third-order valence-electron chi connectivity index (χ3n) is 3.54. The van der Waals surface area contributed by atoms with Crippen LogP contribution in [0.4, 0.5) is 0 Å². The Morgan fingerprint density at radius 1 is 1.12 bits per heavy atom. The topological polar surface area (TPSA) is 61.8 Å². The summed E-state index contributed by atoms with van der Waals surface area (Å²) in [5.74, 6) is -0.598. The van der Waals surface area contributed by atoms with Crippen molar-refractivity contribution in [3.05, 3.63) is 64.1 Å². The molecule has 6 heteroatoms. The minimum absolute atomic E-state index is 0.405. The summed E-state index contributed by atoms with van der Waals surface area (Å²) in [6.45, 7) is 3.19. The summed E-state index contributed by atoms with van der Waals surface area (Å²) >= 11 is 3.34. The standard InChI is InChI=1S/C18H15BrO5/c1-18(2,24-12-9-7-11(19)8-10-12)17(21)23-16-14-6-4-3-5-13(14)15(20)22-16/h3-10,16H,1-2H3. The molecule has 0 N–H and O–H groups in total. The van der Waals surface area contributed by atoms with Crippen LogP contribution >= 0.6 is 15.9 Å². The summed E-state index contributed by atoms with van der Waals surface area (Å²) in [6.07, 6.45) is -1.05. The minimum Gasteiger partial charge on any atom is -0.476 e. The van der Waals surface area contributed by atoms with Crippen molar-refractivity contribution in [3.63, 3.8) is 0 Å². The van der Waals surface area contributed by atoms with Crippen molar-refractivity contribution in [1.29, 1.82) is 0 Å². The van der Waals surface area contributed by atoms with Crippen LogP contribution in [0.5, 0.6) is 5.75 Å². The zero-order valence-corrected chi connectivity index (χ0v) is 14.7. The lowest BCUT2D eigenvalue weighted by atomic mass is 10.1. The fourth-order valence-electron chi connectivity index (χ4n) is 2.28. The zero-order chi connectivity index (χ0) is 17.3. The molecule has 0 bridgehead atoms. The summed E-state index contributed by atoms with van der Waals surface area (Å²) in [7, 11) is 0. The van der Waals surface area contributed by atoms with E-state index in [9.17, 15) is 9.59 Å². The molecule has 1 aliphatic rings. The van der Waals surface area contributed by atoms with Crippen molar-refractivity contribution >= 4 is 27.9 Å². The van der Waals surface area contributed by atoms with Crippen molar-refractivity contribution in [2.75, 3.05) is 0 Å². The molecule has 1 atom stereocenters. The van der Waals surface area contributed by atoms with Gasteiger partial charge in [0.15, 0.2) is 5.60 Å². The van der Waals surface area contributed by atoms with E-state index >= 15 is 0 Å². The Balaban J connectivity index is 1.72. The van der Waals surface area contributed by atoms with Crippen molar-refractivity contribution in [2.45, 2.75) is 25.7 Å². The third-order valence-corrected chi connectivity index (χ3v) is 4.07. The lowest BCUT2D eigenvalue weighted by Gasteiger charge is -2.25. The normalized spacial score (nSPS) is 16.3. The van der Waals surface area contributed by atoms with Gasteiger partial charge in [-0.2, -0.15) is 0 Å². The first-order chi connectivity index (χ1) is 11.4. The van der Waals surface area contributed by atoms with Crippen LogP contribution in [0, 0.1) is 0 Å². The van der Waals surface area contributed by atoms with Crippen LogP contribution in [0.3, 0.4) is 0 Å². The van der Waals surface area contributed by atoms with E-state index in [1.165, 1.54) is 0 Å². The van der Waals surface area contributed by atoms with Gasteiger partial charge in [0.2, 0.25) is 0 Å². The molecule has 0 aliphatic carbocycles. The van der Waals surface area contributed by atoms with Crippen molar-refractivity contribution < 1.29 is 23.8 Å². The first kappa shape index (κ1) is 16.5. The molecule has 0 amide bonds. The zero-order valence-electron chi connectivity index (χ0n) is 13.1. The van der Waals surface area contributed by atoms with Gasteiger partial charge in [-0.05, 0) is 44.2 Å². The average molecular weight is 391 g/mol. The van der Waals surface area contributed by atoms with Gasteiger partial charge >= 0.3 is 11.9 Å². The van der Waals surface area contributed by atoms with Crippen LogP contribution < -0.4 is 4.74 Å². The molecule has 124 valence electrons. The maximum absolute atomic E-state index is 12.5.